The largest absolute Gasteiger partial charge is 0.454 e. The minimum absolute atomic E-state index is 0.882. The van der Waals surface area contributed by atoms with E-state index in [0.29, 0.717) is 0 Å². The molecule has 3 heteroatoms. The number of thiophene rings is 1. The van der Waals surface area contributed by atoms with Crippen molar-refractivity contribution in [1.82, 2.24) is 0 Å². The van der Waals surface area contributed by atoms with Crippen LogP contribution in [0, 0.1) is 0 Å². The SMILES string of the molecule is c1ccc(-c2ccccc2-c2ccc(-c3ccc(N(c4cccc5c4oc4ccccc45)c4cccc5c4sc4ccccc45)cc3)cc2)cc1. The van der Waals surface area contributed by atoms with Crippen molar-refractivity contribution in [2.75, 3.05) is 4.90 Å². The van der Waals surface area contributed by atoms with Gasteiger partial charge in [0.15, 0.2) is 5.58 Å². The predicted molar refractivity (Wildman–Crippen MR) is 218 cm³/mol. The fraction of sp³-hybridized carbons (Fsp3) is 0. The third kappa shape index (κ3) is 5.01. The van der Waals surface area contributed by atoms with Gasteiger partial charge in [0.2, 0.25) is 0 Å². The number of para-hydroxylation sites is 2. The van der Waals surface area contributed by atoms with Crippen molar-refractivity contribution in [2.45, 2.75) is 0 Å². The van der Waals surface area contributed by atoms with Gasteiger partial charge in [-0.15, -0.1) is 11.3 Å². The summed E-state index contributed by atoms with van der Waals surface area (Å²) >= 11 is 1.84. The van der Waals surface area contributed by atoms with Gasteiger partial charge in [-0.25, -0.2) is 0 Å². The molecular formula is C48H31NOS. The van der Waals surface area contributed by atoms with E-state index in [1.54, 1.807) is 0 Å². The molecule has 2 nitrogen and oxygen atoms in total. The van der Waals surface area contributed by atoms with Crippen molar-refractivity contribution < 1.29 is 4.42 Å². The molecule has 0 radical (unpaired) electrons. The number of rotatable bonds is 6. The van der Waals surface area contributed by atoms with Crippen LogP contribution in [-0.4, -0.2) is 0 Å². The van der Waals surface area contributed by atoms with Gasteiger partial charge in [-0.2, -0.15) is 0 Å². The molecule has 0 fully saturated rings. The highest BCUT2D eigenvalue weighted by Gasteiger charge is 2.22. The van der Waals surface area contributed by atoms with Gasteiger partial charge in [-0.05, 0) is 69.8 Å². The molecule has 0 aliphatic heterocycles. The van der Waals surface area contributed by atoms with Gasteiger partial charge in [-0.1, -0.05) is 152 Å². The number of hydrogen-bond donors (Lipinski definition) is 0. The first-order valence-corrected chi connectivity index (χ1v) is 18.1. The van der Waals surface area contributed by atoms with Crippen molar-refractivity contribution in [1.29, 1.82) is 0 Å². The zero-order valence-corrected chi connectivity index (χ0v) is 28.5. The molecule has 10 aromatic rings. The Balaban J connectivity index is 1.08. The van der Waals surface area contributed by atoms with E-state index in [9.17, 15) is 0 Å². The molecule has 10 rings (SSSR count). The minimum Gasteiger partial charge on any atom is -0.454 e. The normalized spacial score (nSPS) is 11.5. The summed E-state index contributed by atoms with van der Waals surface area (Å²) in [5, 5.41) is 4.79. The Labute approximate surface area is 300 Å². The molecule has 51 heavy (non-hydrogen) atoms. The van der Waals surface area contributed by atoms with E-state index in [1.807, 2.05) is 17.4 Å². The van der Waals surface area contributed by atoms with Gasteiger partial charge in [0.05, 0.1) is 16.1 Å². The molecule has 0 saturated heterocycles. The number of hydrogen-bond acceptors (Lipinski definition) is 3. The Kier molecular flexibility index (Phi) is 7.04. The highest BCUT2D eigenvalue weighted by Crippen LogP contribution is 2.47. The predicted octanol–water partition coefficient (Wildman–Crippen LogP) is 14.4. The van der Waals surface area contributed by atoms with Crippen LogP contribution >= 0.6 is 11.3 Å². The Hall–Kier alpha value is -6.42. The molecule has 0 aliphatic carbocycles. The molecule has 0 unspecified atom stereocenters. The molecular weight excluding hydrogens is 639 g/mol. The van der Waals surface area contributed by atoms with E-state index in [4.69, 9.17) is 4.42 Å². The highest BCUT2D eigenvalue weighted by molar-refractivity contribution is 7.26. The molecule has 2 aromatic heterocycles. The lowest BCUT2D eigenvalue weighted by atomic mass is 9.93. The summed E-state index contributed by atoms with van der Waals surface area (Å²) in [6, 6.07) is 67.3. The third-order valence-corrected chi connectivity index (χ3v) is 11.1. The third-order valence-electron chi connectivity index (χ3n) is 9.92. The first kappa shape index (κ1) is 29.5. The lowest BCUT2D eigenvalue weighted by Crippen LogP contribution is -2.10. The molecule has 2 heterocycles. The van der Waals surface area contributed by atoms with Gasteiger partial charge in [0.25, 0.3) is 0 Å². The second-order valence-corrected chi connectivity index (χ2v) is 13.9. The Morgan fingerprint density at radius 1 is 0.373 bits per heavy atom. The highest BCUT2D eigenvalue weighted by atomic mass is 32.1. The molecule has 240 valence electrons. The molecule has 0 saturated carbocycles. The molecule has 0 bridgehead atoms. The van der Waals surface area contributed by atoms with Gasteiger partial charge in [-0.3, -0.25) is 0 Å². The Morgan fingerprint density at radius 3 is 1.69 bits per heavy atom. The summed E-state index contributed by atoms with van der Waals surface area (Å²) in [6.45, 7) is 0. The second-order valence-electron chi connectivity index (χ2n) is 12.9. The number of anilines is 3. The molecule has 0 aliphatic rings. The smallest absolute Gasteiger partial charge is 0.159 e. The quantitative estimate of drug-likeness (QED) is 0.175. The van der Waals surface area contributed by atoms with E-state index in [2.05, 4.69) is 187 Å². The van der Waals surface area contributed by atoms with Crippen LogP contribution in [0.25, 0.3) is 75.5 Å². The second kappa shape index (κ2) is 12.2. The van der Waals surface area contributed by atoms with E-state index in [0.717, 1.165) is 39.0 Å². The van der Waals surface area contributed by atoms with Crippen LogP contribution in [0.5, 0.6) is 0 Å². The molecule has 0 N–H and O–H groups in total. The first-order chi connectivity index (χ1) is 25.3. The standard InChI is InChI=1S/C48H31NOS/c1-2-12-34(13-3-1)37-14-4-5-15-38(37)35-26-24-32(25-27-35)33-28-30-36(31-29-33)49(43-20-10-18-41-39-16-6-8-22-45(39)50-47(41)43)44-21-11-19-42-40-17-7-9-23-46(40)51-48(42)44/h1-31H. The van der Waals surface area contributed by atoms with Crippen LogP contribution < -0.4 is 4.90 Å². The summed E-state index contributed by atoms with van der Waals surface area (Å²) in [7, 11) is 0. The van der Waals surface area contributed by atoms with Crippen LogP contribution in [0.1, 0.15) is 0 Å². The summed E-state index contributed by atoms with van der Waals surface area (Å²) in [4.78, 5) is 2.37. The maximum atomic E-state index is 6.62. The summed E-state index contributed by atoms with van der Waals surface area (Å²) in [5.74, 6) is 0. The molecule has 0 spiro atoms. The fourth-order valence-electron chi connectivity index (χ4n) is 7.47. The van der Waals surface area contributed by atoms with Crippen LogP contribution in [0.3, 0.4) is 0 Å². The topological polar surface area (TPSA) is 16.4 Å². The summed E-state index contributed by atoms with van der Waals surface area (Å²) in [6.07, 6.45) is 0. The van der Waals surface area contributed by atoms with Crippen molar-refractivity contribution in [3.63, 3.8) is 0 Å². The Bertz CT molecular complexity index is 2730. The maximum Gasteiger partial charge on any atom is 0.159 e. The van der Waals surface area contributed by atoms with E-state index in [-0.39, 0.29) is 0 Å². The first-order valence-electron chi connectivity index (χ1n) is 17.3. The summed E-state index contributed by atoms with van der Waals surface area (Å²) in [5.41, 5.74) is 12.3. The molecule has 0 amide bonds. The van der Waals surface area contributed by atoms with E-state index in [1.165, 1.54) is 53.6 Å². The average molecular weight is 670 g/mol. The van der Waals surface area contributed by atoms with Gasteiger partial charge < -0.3 is 9.32 Å². The zero-order valence-electron chi connectivity index (χ0n) is 27.7. The van der Waals surface area contributed by atoms with Gasteiger partial charge in [0.1, 0.15) is 5.58 Å². The average Bonchev–Trinajstić information content (AvgIpc) is 3.78. The number of benzene rings is 8. The zero-order chi connectivity index (χ0) is 33.7. The monoisotopic (exact) mass is 669 g/mol. The van der Waals surface area contributed by atoms with Crippen molar-refractivity contribution in [2.24, 2.45) is 0 Å². The van der Waals surface area contributed by atoms with Crippen LogP contribution in [0.4, 0.5) is 17.1 Å². The lowest BCUT2D eigenvalue weighted by Gasteiger charge is -2.26. The van der Waals surface area contributed by atoms with E-state index < -0.39 is 0 Å². The number of fused-ring (bicyclic) bond motifs is 6. The van der Waals surface area contributed by atoms with Crippen molar-refractivity contribution >= 4 is 70.5 Å². The molecule has 8 aromatic carbocycles. The number of furan rings is 1. The van der Waals surface area contributed by atoms with Gasteiger partial charge >= 0.3 is 0 Å². The van der Waals surface area contributed by atoms with E-state index >= 15 is 0 Å². The van der Waals surface area contributed by atoms with Crippen LogP contribution in [0.15, 0.2) is 192 Å². The van der Waals surface area contributed by atoms with Crippen LogP contribution in [0.2, 0.25) is 0 Å². The summed E-state index contributed by atoms with van der Waals surface area (Å²) < 4.78 is 9.15. The van der Waals surface area contributed by atoms with Crippen LogP contribution in [-0.2, 0) is 0 Å². The number of nitrogens with zero attached hydrogens (tertiary/aromatic N) is 1. The van der Waals surface area contributed by atoms with Crippen molar-refractivity contribution in [3.05, 3.63) is 188 Å². The van der Waals surface area contributed by atoms with Crippen molar-refractivity contribution in [3.8, 4) is 33.4 Å². The molecule has 0 atom stereocenters. The maximum absolute atomic E-state index is 6.62. The Morgan fingerprint density at radius 2 is 0.922 bits per heavy atom. The fourth-order valence-corrected chi connectivity index (χ4v) is 8.68. The lowest BCUT2D eigenvalue weighted by molar-refractivity contribution is 0.669. The van der Waals surface area contributed by atoms with Gasteiger partial charge in [0, 0.05) is 31.9 Å². The minimum atomic E-state index is 0.882.